The van der Waals surface area contributed by atoms with Crippen LogP contribution in [0.4, 0.5) is 16.0 Å². The first-order chi connectivity index (χ1) is 22.8. The van der Waals surface area contributed by atoms with E-state index in [0.717, 1.165) is 11.1 Å². The third kappa shape index (κ3) is 7.25. The van der Waals surface area contributed by atoms with Crippen molar-refractivity contribution in [2.75, 3.05) is 17.2 Å². The van der Waals surface area contributed by atoms with Crippen LogP contribution in [0.25, 0.3) is 0 Å². The normalized spacial score (nSPS) is 13.9. The number of hydrogen-bond acceptors (Lipinski definition) is 7. The Morgan fingerprint density at radius 2 is 1.72 bits per heavy atom. The number of aromatic nitrogens is 3. The summed E-state index contributed by atoms with van der Waals surface area (Å²) in [7, 11) is 0. The van der Waals surface area contributed by atoms with Crippen LogP contribution in [-0.2, 0) is 17.2 Å². The number of fused-ring (bicyclic) bond motifs is 1. The lowest BCUT2D eigenvalue weighted by atomic mass is 9.95. The summed E-state index contributed by atoms with van der Waals surface area (Å²) in [6.45, 7) is 4.13. The zero-order valence-corrected chi connectivity index (χ0v) is 27.8. The van der Waals surface area contributed by atoms with Gasteiger partial charge in [0.15, 0.2) is 0 Å². The third-order valence-electron chi connectivity index (χ3n) is 7.47. The van der Waals surface area contributed by atoms with Crippen molar-refractivity contribution in [1.82, 2.24) is 14.8 Å². The zero-order valence-electron chi connectivity index (χ0n) is 25.5. The molecule has 1 amide bonds. The van der Waals surface area contributed by atoms with Crippen molar-refractivity contribution in [3.05, 3.63) is 135 Å². The summed E-state index contributed by atoms with van der Waals surface area (Å²) in [5, 5.41) is 12.6. The van der Waals surface area contributed by atoms with E-state index < -0.39 is 11.9 Å². The van der Waals surface area contributed by atoms with E-state index in [-0.39, 0.29) is 18.1 Å². The second-order valence-electron chi connectivity index (χ2n) is 10.6. The molecule has 0 fully saturated rings. The van der Waals surface area contributed by atoms with Gasteiger partial charge in [-0.2, -0.15) is 4.98 Å². The van der Waals surface area contributed by atoms with E-state index in [4.69, 9.17) is 42.8 Å². The number of carbonyl (C=O) groups excluding carboxylic acids is 1. The van der Waals surface area contributed by atoms with Gasteiger partial charge in [0.05, 0.1) is 22.9 Å². The van der Waals surface area contributed by atoms with Gasteiger partial charge in [-0.15, -0.1) is 5.10 Å². The highest BCUT2D eigenvalue weighted by molar-refractivity contribution is 7.98. The van der Waals surface area contributed by atoms with Crippen LogP contribution in [0.5, 0.6) is 11.5 Å². The Morgan fingerprint density at radius 3 is 2.49 bits per heavy atom. The van der Waals surface area contributed by atoms with Gasteiger partial charge < -0.3 is 20.1 Å². The van der Waals surface area contributed by atoms with E-state index in [9.17, 15) is 9.18 Å². The van der Waals surface area contributed by atoms with Crippen molar-refractivity contribution in [3.8, 4) is 11.5 Å². The Hall–Kier alpha value is -4.51. The molecule has 0 saturated heterocycles. The Labute approximate surface area is 285 Å². The van der Waals surface area contributed by atoms with E-state index in [2.05, 4.69) is 10.6 Å². The SMILES string of the molecule is CCOc1ccccc1NC(=O)C1=C(C)Nc2nc(SCc3ccccc3Cl)nn2C1c1ccc(OCc2c(F)cccc2Cl)cc1. The summed E-state index contributed by atoms with van der Waals surface area (Å²) in [5.41, 5.74) is 3.62. The van der Waals surface area contributed by atoms with Crippen LogP contribution in [0.15, 0.2) is 107 Å². The molecule has 0 radical (unpaired) electrons. The number of benzene rings is 4. The Morgan fingerprint density at radius 1 is 0.979 bits per heavy atom. The first-order valence-corrected chi connectivity index (χ1v) is 16.6. The number of nitrogens with one attached hydrogen (secondary N) is 2. The highest BCUT2D eigenvalue weighted by Gasteiger charge is 2.35. The number of para-hydroxylation sites is 2. The van der Waals surface area contributed by atoms with Crippen molar-refractivity contribution in [3.63, 3.8) is 0 Å². The minimum atomic E-state index is -0.636. The first-order valence-electron chi connectivity index (χ1n) is 14.8. The van der Waals surface area contributed by atoms with Crippen LogP contribution >= 0.6 is 35.0 Å². The topological polar surface area (TPSA) is 90.3 Å². The van der Waals surface area contributed by atoms with E-state index >= 15 is 0 Å². The van der Waals surface area contributed by atoms with Crippen molar-refractivity contribution in [2.45, 2.75) is 37.4 Å². The van der Waals surface area contributed by atoms with Crippen LogP contribution < -0.4 is 20.1 Å². The number of halogens is 3. The Bertz CT molecular complexity index is 1930. The number of nitrogens with zero attached hydrogens (tertiary/aromatic N) is 3. The maximum Gasteiger partial charge on any atom is 0.255 e. The van der Waals surface area contributed by atoms with E-state index in [0.29, 0.717) is 62.0 Å². The van der Waals surface area contributed by atoms with Gasteiger partial charge in [0.2, 0.25) is 11.1 Å². The number of rotatable bonds is 11. The largest absolute Gasteiger partial charge is 0.492 e. The van der Waals surface area contributed by atoms with Gasteiger partial charge in [0, 0.05) is 22.0 Å². The summed E-state index contributed by atoms with van der Waals surface area (Å²) >= 11 is 14.0. The van der Waals surface area contributed by atoms with Gasteiger partial charge >= 0.3 is 0 Å². The molecule has 2 heterocycles. The number of allylic oxidation sites excluding steroid dienone is 1. The molecule has 5 aromatic rings. The molecule has 2 N–H and O–H groups in total. The van der Waals surface area contributed by atoms with Crippen LogP contribution in [0.2, 0.25) is 10.0 Å². The molecule has 0 saturated carbocycles. The minimum absolute atomic E-state index is 0.0383. The molecule has 240 valence electrons. The first kappa shape index (κ1) is 32.4. The number of thioether (sulfide) groups is 1. The highest BCUT2D eigenvalue weighted by atomic mass is 35.5. The fraction of sp³-hybridized carbons (Fsp3) is 0.171. The molecule has 1 aliphatic heterocycles. The second kappa shape index (κ2) is 14.5. The Balaban J connectivity index is 1.31. The fourth-order valence-corrected chi connectivity index (χ4v) is 6.50. The summed E-state index contributed by atoms with van der Waals surface area (Å²) in [5.74, 6) is 1.38. The number of ether oxygens (including phenoxy) is 2. The average Bonchev–Trinajstić information content (AvgIpc) is 3.47. The molecule has 0 spiro atoms. The molecule has 1 atom stereocenters. The molecular weight excluding hydrogens is 660 g/mol. The molecule has 1 unspecified atom stereocenters. The number of hydrogen-bond donors (Lipinski definition) is 2. The van der Waals surface area contributed by atoms with Gasteiger partial charge in [-0.1, -0.05) is 83.5 Å². The van der Waals surface area contributed by atoms with Crippen molar-refractivity contribution in [2.24, 2.45) is 0 Å². The van der Waals surface area contributed by atoms with Crippen LogP contribution in [0.1, 0.15) is 36.6 Å². The number of amides is 1. The predicted octanol–water partition coefficient (Wildman–Crippen LogP) is 8.92. The number of anilines is 2. The van der Waals surface area contributed by atoms with Crippen LogP contribution in [0.3, 0.4) is 0 Å². The van der Waals surface area contributed by atoms with Gasteiger partial charge in [-0.25, -0.2) is 9.07 Å². The zero-order chi connectivity index (χ0) is 32.9. The highest BCUT2D eigenvalue weighted by Crippen LogP contribution is 2.38. The summed E-state index contributed by atoms with van der Waals surface area (Å²) < 4.78 is 27.6. The fourth-order valence-electron chi connectivity index (χ4n) is 5.17. The molecule has 1 aromatic heterocycles. The quantitative estimate of drug-likeness (QED) is 0.134. The van der Waals surface area contributed by atoms with E-state index in [1.54, 1.807) is 35.0 Å². The predicted molar refractivity (Wildman–Crippen MR) is 184 cm³/mol. The van der Waals surface area contributed by atoms with Gasteiger partial charge in [0.1, 0.15) is 30.0 Å². The molecular formula is C35H30Cl2FN5O3S. The van der Waals surface area contributed by atoms with Crippen LogP contribution in [-0.4, -0.2) is 27.3 Å². The van der Waals surface area contributed by atoms with Gasteiger partial charge in [0.25, 0.3) is 5.91 Å². The standard InChI is InChI=1S/C35H30Cl2FN5O3S/c1-3-45-30-14-7-6-13-29(30)40-33(44)31-21(2)39-34-41-35(47-20-23-9-4-5-10-26(23)36)42-43(34)32(31)22-15-17-24(18-16-22)46-19-25-27(37)11-8-12-28(25)38/h4-18,32H,3,19-20H2,1-2H3,(H,40,44)(H,39,41,42). The monoisotopic (exact) mass is 689 g/mol. The second-order valence-corrected chi connectivity index (χ2v) is 12.3. The van der Waals surface area contributed by atoms with E-state index in [1.165, 1.54) is 17.8 Å². The molecule has 12 heteroatoms. The maximum absolute atomic E-state index is 14.3. The lowest BCUT2D eigenvalue weighted by Gasteiger charge is -2.29. The average molecular weight is 691 g/mol. The Kier molecular flexibility index (Phi) is 10.0. The molecule has 47 heavy (non-hydrogen) atoms. The summed E-state index contributed by atoms with van der Waals surface area (Å²) in [6.07, 6.45) is 0. The minimum Gasteiger partial charge on any atom is -0.492 e. The lowest BCUT2D eigenvalue weighted by molar-refractivity contribution is -0.113. The van der Waals surface area contributed by atoms with Gasteiger partial charge in [-0.3, -0.25) is 4.79 Å². The third-order valence-corrected chi connectivity index (χ3v) is 9.08. The molecule has 4 aromatic carbocycles. The van der Waals surface area contributed by atoms with Crippen LogP contribution in [0, 0.1) is 5.82 Å². The maximum atomic E-state index is 14.3. The molecule has 6 rings (SSSR count). The van der Waals surface area contributed by atoms with Crippen molar-refractivity contribution in [1.29, 1.82) is 0 Å². The number of carbonyl (C=O) groups is 1. The van der Waals surface area contributed by atoms with Gasteiger partial charge in [-0.05, 0) is 67.4 Å². The lowest BCUT2D eigenvalue weighted by Crippen LogP contribution is -2.31. The van der Waals surface area contributed by atoms with Crippen molar-refractivity contribution < 1.29 is 18.7 Å². The van der Waals surface area contributed by atoms with Crippen molar-refractivity contribution >= 4 is 52.5 Å². The molecule has 0 bridgehead atoms. The summed E-state index contributed by atoms with van der Waals surface area (Å²) in [4.78, 5) is 18.8. The van der Waals surface area contributed by atoms with E-state index in [1.807, 2.05) is 68.4 Å². The molecule has 1 aliphatic rings. The smallest absolute Gasteiger partial charge is 0.255 e. The molecule has 8 nitrogen and oxygen atoms in total. The summed E-state index contributed by atoms with van der Waals surface area (Å²) in [6, 6.07) is 26.0. The molecule has 0 aliphatic carbocycles.